The zero-order valence-corrected chi connectivity index (χ0v) is 11.4. The highest BCUT2D eigenvalue weighted by Crippen LogP contribution is 2.37. The number of hydrogen-bond acceptors (Lipinski definition) is 2. The number of carboxylic acids is 1. The number of nitrogens with zero attached hydrogens (tertiary/aromatic N) is 1. The summed E-state index contributed by atoms with van der Waals surface area (Å²) in [6, 6.07) is 0. The SMILES string of the molecule is O=C(O)C1CCCC1C(=O)N(CC1CC1)CC1CC1. The molecule has 0 radical (unpaired) electrons. The number of carboxylic acid groups (broad SMARTS) is 1. The van der Waals surface area contributed by atoms with Crippen molar-refractivity contribution in [2.75, 3.05) is 13.1 Å². The van der Waals surface area contributed by atoms with E-state index in [2.05, 4.69) is 0 Å². The summed E-state index contributed by atoms with van der Waals surface area (Å²) in [5.41, 5.74) is 0. The van der Waals surface area contributed by atoms with Gasteiger partial charge in [0.05, 0.1) is 11.8 Å². The van der Waals surface area contributed by atoms with Crippen molar-refractivity contribution < 1.29 is 14.7 Å². The molecule has 106 valence electrons. The molecule has 2 unspecified atom stereocenters. The third-order valence-electron chi connectivity index (χ3n) is 4.81. The molecule has 19 heavy (non-hydrogen) atoms. The number of carbonyl (C=O) groups is 2. The highest BCUT2D eigenvalue weighted by molar-refractivity contribution is 5.85. The van der Waals surface area contributed by atoms with Crippen LogP contribution in [-0.2, 0) is 9.59 Å². The van der Waals surface area contributed by atoms with Gasteiger partial charge in [0, 0.05) is 13.1 Å². The normalized spacial score (nSPS) is 30.3. The highest BCUT2D eigenvalue weighted by atomic mass is 16.4. The smallest absolute Gasteiger partial charge is 0.307 e. The Kier molecular flexibility index (Phi) is 3.50. The van der Waals surface area contributed by atoms with Gasteiger partial charge in [-0.1, -0.05) is 6.42 Å². The van der Waals surface area contributed by atoms with E-state index in [4.69, 9.17) is 0 Å². The molecule has 2 atom stereocenters. The molecule has 0 aromatic rings. The molecule has 4 heteroatoms. The Morgan fingerprint density at radius 3 is 1.89 bits per heavy atom. The van der Waals surface area contributed by atoms with E-state index in [1.165, 1.54) is 25.7 Å². The molecule has 3 aliphatic carbocycles. The minimum atomic E-state index is -0.784. The van der Waals surface area contributed by atoms with Crippen LogP contribution >= 0.6 is 0 Å². The fourth-order valence-electron chi connectivity index (χ4n) is 3.26. The molecule has 0 aromatic heterocycles. The first-order valence-electron chi connectivity index (χ1n) is 7.66. The molecule has 3 saturated carbocycles. The average Bonchev–Trinajstić information content (AvgIpc) is 3.29. The van der Waals surface area contributed by atoms with Gasteiger partial charge in [0.15, 0.2) is 0 Å². The fraction of sp³-hybridized carbons (Fsp3) is 0.867. The Bertz CT molecular complexity index is 360. The van der Waals surface area contributed by atoms with Crippen LogP contribution in [-0.4, -0.2) is 35.0 Å². The molecule has 4 nitrogen and oxygen atoms in total. The van der Waals surface area contributed by atoms with Gasteiger partial charge in [-0.15, -0.1) is 0 Å². The van der Waals surface area contributed by atoms with E-state index in [1.54, 1.807) is 0 Å². The van der Waals surface area contributed by atoms with E-state index < -0.39 is 11.9 Å². The van der Waals surface area contributed by atoms with Gasteiger partial charge >= 0.3 is 5.97 Å². The highest BCUT2D eigenvalue weighted by Gasteiger charge is 2.41. The number of amides is 1. The fourth-order valence-corrected chi connectivity index (χ4v) is 3.26. The molecule has 0 saturated heterocycles. The lowest BCUT2D eigenvalue weighted by Crippen LogP contribution is -2.41. The van der Waals surface area contributed by atoms with Crippen LogP contribution in [0.1, 0.15) is 44.9 Å². The standard InChI is InChI=1S/C15H23NO3/c17-14(12-2-1-3-13(12)15(18)19)16(8-10-4-5-10)9-11-6-7-11/h10-13H,1-9H2,(H,18,19). The average molecular weight is 265 g/mol. The van der Waals surface area contributed by atoms with Crippen molar-refractivity contribution in [1.29, 1.82) is 0 Å². The van der Waals surface area contributed by atoms with Crippen LogP contribution in [0.3, 0.4) is 0 Å². The van der Waals surface area contributed by atoms with Crippen molar-refractivity contribution in [1.82, 2.24) is 4.90 Å². The Hall–Kier alpha value is -1.06. The molecular formula is C15H23NO3. The summed E-state index contributed by atoms with van der Waals surface area (Å²) in [7, 11) is 0. The predicted octanol–water partition coefficient (Wildman–Crippen LogP) is 2.14. The molecule has 0 bridgehead atoms. The van der Waals surface area contributed by atoms with Crippen molar-refractivity contribution in [3.8, 4) is 0 Å². The summed E-state index contributed by atoms with van der Waals surface area (Å²) in [5, 5.41) is 9.23. The van der Waals surface area contributed by atoms with Gasteiger partial charge < -0.3 is 10.0 Å². The monoisotopic (exact) mass is 265 g/mol. The molecule has 1 amide bonds. The molecule has 0 spiro atoms. The van der Waals surface area contributed by atoms with Gasteiger partial charge in [0.2, 0.25) is 5.91 Å². The van der Waals surface area contributed by atoms with Crippen molar-refractivity contribution >= 4 is 11.9 Å². The number of carbonyl (C=O) groups excluding carboxylic acids is 1. The predicted molar refractivity (Wildman–Crippen MR) is 70.5 cm³/mol. The zero-order chi connectivity index (χ0) is 13.4. The van der Waals surface area contributed by atoms with Gasteiger partial charge in [-0.25, -0.2) is 0 Å². The second-order valence-corrected chi connectivity index (χ2v) is 6.61. The maximum atomic E-state index is 12.6. The van der Waals surface area contributed by atoms with Crippen LogP contribution in [0.15, 0.2) is 0 Å². The van der Waals surface area contributed by atoms with Crippen molar-refractivity contribution in [2.45, 2.75) is 44.9 Å². The van der Waals surface area contributed by atoms with Crippen molar-refractivity contribution in [3.05, 3.63) is 0 Å². The maximum Gasteiger partial charge on any atom is 0.307 e. The van der Waals surface area contributed by atoms with Gasteiger partial charge in [0.1, 0.15) is 0 Å². The largest absolute Gasteiger partial charge is 0.481 e. The van der Waals surface area contributed by atoms with Gasteiger partial charge in [-0.3, -0.25) is 9.59 Å². The molecule has 0 aliphatic heterocycles. The summed E-state index contributed by atoms with van der Waals surface area (Å²) >= 11 is 0. The molecule has 3 aliphatic rings. The summed E-state index contributed by atoms with van der Waals surface area (Å²) < 4.78 is 0. The van der Waals surface area contributed by atoms with Gasteiger partial charge in [-0.05, 0) is 50.4 Å². The van der Waals surface area contributed by atoms with Crippen LogP contribution in [0, 0.1) is 23.7 Å². The summed E-state index contributed by atoms with van der Waals surface area (Å²) in [5.74, 6) is 0.0283. The maximum absolute atomic E-state index is 12.6. The topological polar surface area (TPSA) is 57.6 Å². The van der Waals surface area contributed by atoms with E-state index in [0.29, 0.717) is 18.3 Å². The third kappa shape index (κ3) is 3.10. The van der Waals surface area contributed by atoms with Crippen LogP contribution in [0.4, 0.5) is 0 Å². The van der Waals surface area contributed by atoms with E-state index in [0.717, 1.165) is 25.9 Å². The van der Waals surface area contributed by atoms with Crippen LogP contribution in [0.25, 0.3) is 0 Å². The summed E-state index contributed by atoms with van der Waals surface area (Å²) in [6.45, 7) is 1.75. The Morgan fingerprint density at radius 1 is 0.895 bits per heavy atom. The molecular weight excluding hydrogens is 242 g/mol. The quantitative estimate of drug-likeness (QED) is 0.800. The molecule has 0 heterocycles. The molecule has 3 fully saturated rings. The lowest BCUT2D eigenvalue weighted by atomic mass is 9.94. The Balaban J connectivity index is 1.65. The number of aliphatic carboxylic acids is 1. The first kappa shape index (κ1) is 12.9. The van der Waals surface area contributed by atoms with E-state index in [-0.39, 0.29) is 11.8 Å². The zero-order valence-electron chi connectivity index (χ0n) is 11.4. The second-order valence-electron chi connectivity index (χ2n) is 6.61. The lowest BCUT2D eigenvalue weighted by Gasteiger charge is -2.27. The van der Waals surface area contributed by atoms with Crippen LogP contribution in [0.2, 0.25) is 0 Å². The molecule has 1 N–H and O–H groups in total. The van der Waals surface area contributed by atoms with Crippen LogP contribution in [0.5, 0.6) is 0 Å². The molecule has 0 aromatic carbocycles. The van der Waals surface area contributed by atoms with Gasteiger partial charge in [0.25, 0.3) is 0 Å². The first-order valence-corrected chi connectivity index (χ1v) is 7.66. The summed E-state index contributed by atoms with van der Waals surface area (Å²) in [4.78, 5) is 25.9. The first-order chi connectivity index (χ1) is 9.15. The minimum absolute atomic E-state index is 0.128. The minimum Gasteiger partial charge on any atom is -0.481 e. The summed E-state index contributed by atoms with van der Waals surface area (Å²) in [6.07, 6.45) is 7.27. The third-order valence-corrected chi connectivity index (χ3v) is 4.81. The van der Waals surface area contributed by atoms with E-state index in [9.17, 15) is 14.7 Å². The van der Waals surface area contributed by atoms with Gasteiger partial charge in [-0.2, -0.15) is 0 Å². The van der Waals surface area contributed by atoms with Crippen LogP contribution < -0.4 is 0 Å². The second kappa shape index (κ2) is 5.14. The Morgan fingerprint density at radius 2 is 1.42 bits per heavy atom. The lowest BCUT2D eigenvalue weighted by molar-refractivity contribution is -0.149. The Labute approximate surface area is 114 Å². The van der Waals surface area contributed by atoms with Crippen molar-refractivity contribution in [2.24, 2.45) is 23.7 Å². The van der Waals surface area contributed by atoms with Crippen molar-refractivity contribution in [3.63, 3.8) is 0 Å². The molecule has 3 rings (SSSR count). The van der Waals surface area contributed by atoms with E-state index >= 15 is 0 Å². The van der Waals surface area contributed by atoms with E-state index in [1.807, 2.05) is 4.90 Å². The number of rotatable bonds is 6. The number of hydrogen-bond donors (Lipinski definition) is 1.